The molecule has 18 heavy (non-hydrogen) atoms. The minimum absolute atomic E-state index is 0.157. The first-order valence-corrected chi connectivity index (χ1v) is 6.50. The SMILES string of the molecule is CC(=O)NC(CS)C(=O)Nc1ccc(Br)c(F)c1. The number of amides is 2. The Labute approximate surface area is 118 Å². The highest BCUT2D eigenvalue weighted by molar-refractivity contribution is 9.10. The van der Waals surface area contributed by atoms with Crippen LogP contribution in [0.1, 0.15) is 6.92 Å². The highest BCUT2D eigenvalue weighted by atomic mass is 79.9. The predicted molar refractivity (Wildman–Crippen MR) is 74.2 cm³/mol. The Balaban J connectivity index is 2.73. The molecule has 2 N–H and O–H groups in total. The van der Waals surface area contributed by atoms with Gasteiger partial charge in [-0.1, -0.05) is 0 Å². The second-order valence-electron chi connectivity index (χ2n) is 3.55. The molecule has 0 radical (unpaired) electrons. The van der Waals surface area contributed by atoms with Crippen molar-refractivity contribution in [2.45, 2.75) is 13.0 Å². The summed E-state index contributed by atoms with van der Waals surface area (Å²) in [5.74, 6) is -1.09. The van der Waals surface area contributed by atoms with E-state index in [9.17, 15) is 14.0 Å². The van der Waals surface area contributed by atoms with E-state index < -0.39 is 17.8 Å². The third-order valence-corrected chi connectivity index (χ3v) is 3.07. The topological polar surface area (TPSA) is 58.2 Å². The standard InChI is InChI=1S/C11H12BrFN2O2S/c1-6(16)14-10(5-18)11(17)15-7-2-3-8(12)9(13)4-7/h2-4,10,18H,5H2,1H3,(H,14,16)(H,15,17). The van der Waals surface area contributed by atoms with Crippen molar-refractivity contribution < 1.29 is 14.0 Å². The summed E-state index contributed by atoms with van der Waals surface area (Å²) in [4.78, 5) is 22.6. The maximum Gasteiger partial charge on any atom is 0.247 e. The molecule has 0 aliphatic rings. The minimum atomic E-state index is -0.752. The lowest BCUT2D eigenvalue weighted by Crippen LogP contribution is -2.44. The summed E-state index contributed by atoms with van der Waals surface area (Å²) < 4.78 is 13.6. The number of carbonyl (C=O) groups excluding carboxylic acids is 2. The average molecular weight is 335 g/mol. The van der Waals surface area contributed by atoms with Gasteiger partial charge in [-0.15, -0.1) is 0 Å². The Hall–Kier alpha value is -1.08. The van der Waals surface area contributed by atoms with E-state index in [0.717, 1.165) is 0 Å². The summed E-state index contributed by atoms with van der Waals surface area (Å²) in [6.45, 7) is 1.31. The maximum absolute atomic E-state index is 13.2. The fourth-order valence-corrected chi connectivity index (χ4v) is 1.75. The zero-order valence-corrected chi connectivity index (χ0v) is 12.0. The van der Waals surface area contributed by atoms with Crippen molar-refractivity contribution in [2.75, 3.05) is 11.1 Å². The Bertz CT molecular complexity index is 470. The molecule has 0 saturated carbocycles. The lowest BCUT2D eigenvalue weighted by Gasteiger charge is -2.15. The van der Waals surface area contributed by atoms with E-state index in [-0.39, 0.29) is 11.7 Å². The van der Waals surface area contributed by atoms with Gasteiger partial charge in [-0.25, -0.2) is 4.39 Å². The van der Waals surface area contributed by atoms with E-state index in [1.54, 1.807) is 6.07 Å². The summed E-state index contributed by atoms with van der Waals surface area (Å²) >= 11 is 6.99. The monoisotopic (exact) mass is 334 g/mol. The van der Waals surface area contributed by atoms with Crippen molar-refractivity contribution >= 4 is 46.1 Å². The molecule has 98 valence electrons. The lowest BCUT2D eigenvalue weighted by molar-refractivity contribution is -0.124. The zero-order valence-electron chi connectivity index (χ0n) is 9.54. The van der Waals surface area contributed by atoms with Gasteiger partial charge in [0.1, 0.15) is 11.9 Å². The second-order valence-corrected chi connectivity index (χ2v) is 4.77. The quantitative estimate of drug-likeness (QED) is 0.737. The van der Waals surface area contributed by atoms with Gasteiger partial charge in [0.05, 0.1) is 4.47 Å². The fourth-order valence-electron chi connectivity index (χ4n) is 1.24. The van der Waals surface area contributed by atoms with Gasteiger partial charge in [-0.2, -0.15) is 12.6 Å². The second kappa shape index (κ2) is 6.75. The molecule has 1 unspecified atom stereocenters. The molecule has 1 aromatic rings. The summed E-state index contributed by atoms with van der Waals surface area (Å²) in [6, 6.07) is 3.47. The molecule has 1 aromatic carbocycles. The van der Waals surface area contributed by atoms with Crippen molar-refractivity contribution in [2.24, 2.45) is 0 Å². The molecule has 4 nitrogen and oxygen atoms in total. The number of nitrogens with one attached hydrogen (secondary N) is 2. The van der Waals surface area contributed by atoms with Gasteiger partial charge in [-0.3, -0.25) is 9.59 Å². The summed E-state index contributed by atoms with van der Waals surface area (Å²) in [7, 11) is 0. The molecule has 0 saturated heterocycles. The third kappa shape index (κ3) is 4.30. The van der Waals surface area contributed by atoms with Gasteiger partial charge >= 0.3 is 0 Å². The first-order chi connectivity index (χ1) is 8.43. The van der Waals surface area contributed by atoms with E-state index in [4.69, 9.17) is 0 Å². The molecule has 1 rings (SSSR count). The van der Waals surface area contributed by atoms with Crippen LogP contribution < -0.4 is 10.6 Å². The van der Waals surface area contributed by atoms with Gasteiger partial charge in [0.25, 0.3) is 0 Å². The molecular weight excluding hydrogens is 323 g/mol. The van der Waals surface area contributed by atoms with Gasteiger partial charge < -0.3 is 10.6 Å². The maximum atomic E-state index is 13.2. The van der Waals surface area contributed by atoms with Gasteiger partial charge in [0.2, 0.25) is 11.8 Å². The average Bonchev–Trinajstić information content (AvgIpc) is 2.30. The molecule has 7 heteroatoms. The number of halogens is 2. The Morgan fingerprint density at radius 3 is 2.67 bits per heavy atom. The largest absolute Gasteiger partial charge is 0.344 e. The van der Waals surface area contributed by atoms with E-state index in [1.807, 2.05) is 0 Å². The first-order valence-electron chi connectivity index (χ1n) is 5.08. The lowest BCUT2D eigenvalue weighted by atomic mass is 10.2. The highest BCUT2D eigenvalue weighted by Gasteiger charge is 2.17. The van der Waals surface area contributed by atoms with Crippen LogP contribution in [-0.2, 0) is 9.59 Å². The van der Waals surface area contributed by atoms with Crippen molar-refractivity contribution in [3.63, 3.8) is 0 Å². The number of thiol groups is 1. The van der Waals surface area contributed by atoms with Crippen LogP contribution in [0.15, 0.2) is 22.7 Å². The number of rotatable bonds is 4. The Morgan fingerprint density at radius 1 is 1.50 bits per heavy atom. The summed E-state index contributed by atoms with van der Waals surface area (Å²) in [5.41, 5.74) is 0.317. The Kier molecular flexibility index (Phi) is 5.61. The minimum Gasteiger partial charge on any atom is -0.344 e. The zero-order chi connectivity index (χ0) is 13.7. The van der Waals surface area contributed by atoms with E-state index in [1.165, 1.54) is 19.1 Å². The van der Waals surface area contributed by atoms with Crippen LogP contribution in [0, 0.1) is 5.82 Å². The summed E-state index contributed by atoms with van der Waals surface area (Å²) in [6.07, 6.45) is 0. The van der Waals surface area contributed by atoms with Crippen molar-refractivity contribution in [1.82, 2.24) is 5.32 Å². The summed E-state index contributed by atoms with van der Waals surface area (Å²) in [5, 5.41) is 4.95. The number of benzene rings is 1. The van der Waals surface area contributed by atoms with Crippen LogP contribution in [-0.4, -0.2) is 23.6 Å². The highest BCUT2D eigenvalue weighted by Crippen LogP contribution is 2.19. The smallest absolute Gasteiger partial charge is 0.247 e. The molecular formula is C11H12BrFN2O2S. The number of hydrogen-bond acceptors (Lipinski definition) is 3. The Morgan fingerprint density at radius 2 is 2.17 bits per heavy atom. The number of anilines is 1. The molecule has 2 amide bonds. The molecule has 0 aliphatic carbocycles. The molecule has 1 atom stereocenters. The molecule has 0 heterocycles. The van der Waals surface area contributed by atoms with Crippen LogP contribution in [0.5, 0.6) is 0 Å². The van der Waals surface area contributed by atoms with Crippen LogP contribution >= 0.6 is 28.6 Å². The van der Waals surface area contributed by atoms with Crippen molar-refractivity contribution in [3.8, 4) is 0 Å². The predicted octanol–water partition coefficient (Wildman–Crippen LogP) is 1.96. The van der Waals surface area contributed by atoms with Crippen molar-refractivity contribution in [3.05, 3.63) is 28.5 Å². The normalized spacial score (nSPS) is 11.8. The van der Waals surface area contributed by atoms with Gasteiger partial charge in [-0.05, 0) is 34.1 Å². The molecule has 0 spiro atoms. The van der Waals surface area contributed by atoms with E-state index >= 15 is 0 Å². The van der Waals surface area contributed by atoms with E-state index in [0.29, 0.717) is 10.2 Å². The van der Waals surface area contributed by atoms with Gasteiger partial charge in [0, 0.05) is 18.4 Å². The number of hydrogen-bond donors (Lipinski definition) is 3. The van der Waals surface area contributed by atoms with Gasteiger partial charge in [0.15, 0.2) is 0 Å². The van der Waals surface area contributed by atoms with Crippen LogP contribution in [0.4, 0.5) is 10.1 Å². The van der Waals surface area contributed by atoms with Crippen molar-refractivity contribution in [1.29, 1.82) is 0 Å². The van der Waals surface area contributed by atoms with E-state index in [2.05, 4.69) is 39.2 Å². The van der Waals surface area contributed by atoms with Crippen LogP contribution in [0.25, 0.3) is 0 Å². The van der Waals surface area contributed by atoms with Crippen LogP contribution in [0.2, 0.25) is 0 Å². The third-order valence-electron chi connectivity index (χ3n) is 2.06. The fraction of sp³-hybridized carbons (Fsp3) is 0.273. The van der Waals surface area contributed by atoms with Crippen LogP contribution in [0.3, 0.4) is 0 Å². The molecule has 0 fully saturated rings. The number of carbonyl (C=O) groups is 2. The molecule has 0 bridgehead atoms. The first kappa shape index (κ1) is 15.0. The molecule has 0 aromatic heterocycles. The molecule has 0 aliphatic heterocycles.